The number of aryl methyl sites for hydroxylation is 1. The van der Waals surface area contributed by atoms with Crippen LogP contribution in [0.15, 0.2) is 42.5 Å². The number of hydrogen-bond acceptors (Lipinski definition) is 4. The number of piperazine rings is 1. The summed E-state index contributed by atoms with van der Waals surface area (Å²) in [6.07, 6.45) is 0. The van der Waals surface area contributed by atoms with Gasteiger partial charge in [-0.05, 0) is 69.2 Å². The highest BCUT2D eigenvalue weighted by molar-refractivity contribution is 5.96. The largest absolute Gasteiger partial charge is 0.369 e. The third kappa shape index (κ3) is 5.64. The normalized spacial score (nSPS) is 14.4. The number of nitrogens with zero attached hydrogens (tertiary/aromatic N) is 3. The zero-order chi connectivity index (χ0) is 22.4. The molecule has 1 fully saturated rings. The van der Waals surface area contributed by atoms with Crippen molar-refractivity contribution in [3.8, 4) is 0 Å². The smallest absolute Gasteiger partial charge is 0.253 e. The third-order valence-corrected chi connectivity index (χ3v) is 6.12. The van der Waals surface area contributed by atoms with Gasteiger partial charge in [-0.3, -0.25) is 14.5 Å². The van der Waals surface area contributed by atoms with Crippen LogP contribution >= 0.6 is 0 Å². The van der Waals surface area contributed by atoms with Crippen molar-refractivity contribution in [2.45, 2.75) is 27.7 Å². The summed E-state index contributed by atoms with van der Waals surface area (Å²) in [6.45, 7) is 13.6. The summed E-state index contributed by atoms with van der Waals surface area (Å²) < 4.78 is 0. The van der Waals surface area contributed by atoms with Gasteiger partial charge in [0.2, 0.25) is 5.91 Å². The van der Waals surface area contributed by atoms with Crippen LogP contribution in [-0.2, 0) is 4.79 Å². The van der Waals surface area contributed by atoms with Crippen LogP contribution in [0.4, 0.5) is 11.4 Å². The molecule has 166 valence electrons. The van der Waals surface area contributed by atoms with Crippen LogP contribution in [0.1, 0.15) is 35.3 Å². The van der Waals surface area contributed by atoms with E-state index in [1.165, 1.54) is 16.8 Å². The van der Waals surface area contributed by atoms with Crippen LogP contribution in [0.25, 0.3) is 0 Å². The predicted molar refractivity (Wildman–Crippen MR) is 127 cm³/mol. The maximum Gasteiger partial charge on any atom is 0.253 e. The van der Waals surface area contributed by atoms with Crippen LogP contribution in [0.3, 0.4) is 0 Å². The summed E-state index contributed by atoms with van der Waals surface area (Å²) >= 11 is 0. The number of hydrogen-bond donors (Lipinski definition) is 1. The van der Waals surface area contributed by atoms with Gasteiger partial charge in [-0.25, -0.2) is 0 Å². The molecule has 3 rings (SSSR count). The Labute approximate surface area is 185 Å². The molecule has 0 radical (unpaired) electrons. The molecule has 0 aromatic heterocycles. The fraction of sp³-hybridized carbons (Fsp3) is 0.440. The third-order valence-electron chi connectivity index (χ3n) is 6.12. The average Bonchev–Trinajstić information content (AvgIpc) is 2.77. The van der Waals surface area contributed by atoms with Crippen molar-refractivity contribution in [1.29, 1.82) is 0 Å². The predicted octanol–water partition coefficient (Wildman–Crippen LogP) is 3.55. The van der Waals surface area contributed by atoms with E-state index in [4.69, 9.17) is 0 Å². The first-order valence-electron chi connectivity index (χ1n) is 11.2. The Morgan fingerprint density at radius 3 is 2.19 bits per heavy atom. The fourth-order valence-corrected chi connectivity index (χ4v) is 4.02. The number of carbonyl (C=O) groups is 2. The van der Waals surface area contributed by atoms with Crippen molar-refractivity contribution in [1.82, 2.24) is 9.80 Å². The summed E-state index contributed by atoms with van der Waals surface area (Å²) in [4.78, 5) is 31.3. The van der Waals surface area contributed by atoms with E-state index >= 15 is 0 Å². The first-order chi connectivity index (χ1) is 14.9. The second-order valence-corrected chi connectivity index (χ2v) is 8.09. The second-order valence-electron chi connectivity index (χ2n) is 8.09. The molecule has 0 unspecified atom stereocenters. The number of benzene rings is 2. The Hall–Kier alpha value is -2.86. The summed E-state index contributed by atoms with van der Waals surface area (Å²) in [5.41, 5.74) is 5.29. The van der Waals surface area contributed by atoms with E-state index in [1.807, 2.05) is 13.8 Å². The van der Waals surface area contributed by atoms with Gasteiger partial charge < -0.3 is 15.1 Å². The second kappa shape index (κ2) is 10.4. The number of nitrogens with one attached hydrogen (secondary N) is 1. The zero-order valence-electron chi connectivity index (χ0n) is 19.1. The highest BCUT2D eigenvalue weighted by Gasteiger charge is 2.20. The summed E-state index contributed by atoms with van der Waals surface area (Å²) in [5, 5.41) is 2.95. The molecule has 2 aromatic rings. The van der Waals surface area contributed by atoms with E-state index in [0.29, 0.717) is 25.2 Å². The van der Waals surface area contributed by atoms with Crippen molar-refractivity contribution >= 4 is 23.2 Å². The van der Waals surface area contributed by atoms with Gasteiger partial charge in [-0.1, -0.05) is 12.1 Å². The molecule has 0 spiro atoms. The standard InChI is InChI=1S/C25H34N4O2/c1-5-28(6-2)25(31)21-10-12-22(13-11-21)26-24(30)18-27-14-16-29(17-15-27)23-9-7-8-19(3)20(23)4/h7-13H,5-6,14-18H2,1-4H3,(H,26,30). The molecule has 2 amide bonds. The Morgan fingerprint density at radius 1 is 0.935 bits per heavy atom. The van der Waals surface area contributed by atoms with Crippen molar-refractivity contribution in [2.75, 3.05) is 56.0 Å². The summed E-state index contributed by atoms with van der Waals surface area (Å²) in [6, 6.07) is 13.6. The average molecular weight is 423 g/mol. The minimum atomic E-state index is -0.0250. The van der Waals surface area contributed by atoms with Crippen LogP contribution in [0.2, 0.25) is 0 Å². The van der Waals surface area contributed by atoms with Crippen molar-refractivity contribution < 1.29 is 9.59 Å². The zero-order valence-corrected chi connectivity index (χ0v) is 19.1. The lowest BCUT2D eigenvalue weighted by molar-refractivity contribution is -0.117. The molecule has 31 heavy (non-hydrogen) atoms. The maximum absolute atomic E-state index is 12.5. The minimum Gasteiger partial charge on any atom is -0.369 e. The van der Waals surface area contributed by atoms with E-state index in [0.717, 1.165) is 31.9 Å². The molecule has 1 aliphatic heterocycles. The fourth-order valence-electron chi connectivity index (χ4n) is 4.02. The van der Waals surface area contributed by atoms with Gasteiger partial charge in [0.1, 0.15) is 0 Å². The molecule has 6 nitrogen and oxygen atoms in total. The summed E-state index contributed by atoms with van der Waals surface area (Å²) in [5.74, 6) is -0.00685. The molecule has 1 aliphatic rings. The lowest BCUT2D eigenvalue weighted by Crippen LogP contribution is -2.48. The van der Waals surface area contributed by atoms with E-state index in [9.17, 15) is 9.59 Å². The molecular weight excluding hydrogens is 388 g/mol. The molecule has 2 aromatic carbocycles. The first kappa shape index (κ1) is 22.8. The van der Waals surface area contributed by atoms with Crippen molar-refractivity contribution in [2.24, 2.45) is 0 Å². The van der Waals surface area contributed by atoms with Crippen molar-refractivity contribution in [3.63, 3.8) is 0 Å². The van der Waals surface area contributed by atoms with Crippen LogP contribution < -0.4 is 10.2 Å². The highest BCUT2D eigenvalue weighted by atomic mass is 16.2. The SMILES string of the molecule is CCN(CC)C(=O)c1ccc(NC(=O)CN2CCN(c3cccc(C)c3C)CC2)cc1. The Kier molecular flexibility index (Phi) is 7.69. The molecule has 0 atom stereocenters. The minimum absolute atomic E-state index is 0.0181. The van der Waals surface area contributed by atoms with Crippen LogP contribution in [-0.4, -0.2) is 67.4 Å². The number of rotatable bonds is 7. The topological polar surface area (TPSA) is 55.9 Å². The van der Waals surface area contributed by atoms with Gasteiger partial charge in [0.15, 0.2) is 0 Å². The molecule has 1 saturated heterocycles. The molecule has 6 heteroatoms. The van der Waals surface area contributed by atoms with Gasteiger partial charge in [-0.2, -0.15) is 0 Å². The van der Waals surface area contributed by atoms with E-state index < -0.39 is 0 Å². The molecular formula is C25H34N4O2. The Bertz CT molecular complexity index is 898. The monoisotopic (exact) mass is 422 g/mol. The highest BCUT2D eigenvalue weighted by Crippen LogP contribution is 2.23. The van der Waals surface area contributed by atoms with E-state index in [2.05, 4.69) is 47.2 Å². The molecule has 0 saturated carbocycles. The Morgan fingerprint density at radius 2 is 1.58 bits per heavy atom. The lowest BCUT2D eigenvalue weighted by atomic mass is 10.1. The van der Waals surface area contributed by atoms with Crippen molar-refractivity contribution in [3.05, 3.63) is 59.2 Å². The Balaban J connectivity index is 1.49. The van der Waals surface area contributed by atoms with Gasteiger partial charge in [0.25, 0.3) is 5.91 Å². The maximum atomic E-state index is 12.5. The van der Waals surface area contributed by atoms with Crippen LogP contribution in [0, 0.1) is 13.8 Å². The van der Waals surface area contributed by atoms with Gasteiger partial charge in [-0.15, -0.1) is 0 Å². The quantitative estimate of drug-likeness (QED) is 0.742. The number of anilines is 2. The molecule has 1 N–H and O–H groups in total. The number of amides is 2. The van der Waals surface area contributed by atoms with Gasteiger partial charge in [0, 0.05) is 56.2 Å². The van der Waals surface area contributed by atoms with Gasteiger partial charge in [0.05, 0.1) is 6.54 Å². The lowest BCUT2D eigenvalue weighted by Gasteiger charge is -2.36. The van der Waals surface area contributed by atoms with E-state index in [1.54, 1.807) is 29.2 Å². The van der Waals surface area contributed by atoms with Gasteiger partial charge >= 0.3 is 0 Å². The molecule has 0 aliphatic carbocycles. The van der Waals surface area contributed by atoms with Crippen LogP contribution in [0.5, 0.6) is 0 Å². The summed E-state index contributed by atoms with van der Waals surface area (Å²) in [7, 11) is 0. The molecule has 0 bridgehead atoms. The van der Waals surface area contributed by atoms with E-state index in [-0.39, 0.29) is 11.8 Å². The number of carbonyl (C=O) groups excluding carboxylic acids is 2. The molecule has 1 heterocycles. The first-order valence-corrected chi connectivity index (χ1v) is 11.2.